The Labute approximate surface area is 152 Å². The number of hydrogen-bond donors (Lipinski definition) is 2. The molecular weight excluding hydrogens is 332 g/mol. The molecule has 2 amide bonds. The zero-order valence-electron chi connectivity index (χ0n) is 14.7. The van der Waals surface area contributed by atoms with Gasteiger partial charge in [-0.1, -0.05) is 18.2 Å². The van der Waals surface area contributed by atoms with Crippen molar-refractivity contribution >= 4 is 17.9 Å². The van der Waals surface area contributed by atoms with E-state index in [9.17, 15) is 9.59 Å². The third-order valence-electron chi connectivity index (χ3n) is 4.23. The summed E-state index contributed by atoms with van der Waals surface area (Å²) in [6.45, 7) is 2.98. The average Bonchev–Trinajstić information content (AvgIpc) is 3.33. The molecule has 2 heterocycles. The van der Waals surface area contributed by atoms with Crippen molar-refractivity contribution in [1.82, 2.24) is 10.6 Å². The first-order valence-electron chi connectivity index (χ1n) is 8.65. The van der Waals surface area contributed by atoms with Gasteiger partial charge in [-0.15, -0.1) is 0 Å². The van der Waals surface area contributed by atoms with Crippen LogP contribution in [0.25, 0.3) is 6.08 Å². The highest BCUT2D eigenvalue weighted by atomic mass is 16.5. The zero-order valence-corrected chi connectivity index (χ0v) is 14.7. The molecule has 0 unspecified atom stereocenters. The van der Waals surface area contributed by atoms with Crippen LogP contribution in [0.1, 0.15) is 34.5 Å². The van der Waals surface area contributed by atoms with E-state index < -0.39 is 0 Å². The van der Waals surface area contributed by atoms with Gasteiger partial charge in [0.05, 0.1) is 12.4 Å². The highest BCUT2D eigenvalue weighted by Crippen LogP contribution is 2.12. The first-order valence-corrected chi connectivity index (χ1v) is 8.65. The topological polar surface area (TPSA) is 80.6 Å². The summed E-state index contributed by atoms with van der Waals surface area (Å²) >= 11 is 0. The van der Waals surface area contributed by atoms with Crippen LogP contribution < -0.4 is 10.6 Å². The summed E-state index contributed by atoms with van der Waals surface area (Å²) in [5, 5.41) is 5.52. The monoisotopic (exact) mass is 354 g/mol. The van der Waals surface area contributed by atoms with Crippen molar-refractivity contribution in [2.75, 3.05) is 13.2 Å². The molecule has 0 spiro atoms. The molecule has 6 nitrogen and oxygen atoms in total. The fraction of sp³-hybridized carbons (Fsp3) is 0.300. The van der Waals surface area contributed by atoms with Gasteiger partial charge in [0.1, 0.15) is 11.5 Å². The summed E-state index contributed by atoms with van der Waals surface area (Å²) in [4.78, 5) is 25.2. The number of rotatable bonds is 6. The van der Waals surface area contributed by atoms with E-state index in [2.05, 4.69) is 10.6 Å². The molecule has 6 heteroatoms. The van der Waals surface area contributed by atoms with Crippen LogP contribution in [0.5, 0.6) is 0 Å². The third-order valence-corrected chi connectivity index (χ3v) is 4.23. The van der Waals surface area contributed by atoms with Crippen molar-refractivity contribution in [2.24, 2.45) is 0 Å². The van der Waals surface area contributed by atoms with Crippen LogP contribution >= 0.6 is 0 Å². The molecule has 136 valence electrons. The zero-order chi connectivity index (χ0) is 18.4. The second-order valence-electron chi connectivity index (χ2n) is 6.19. The summed E-state index contributed by atoms with van der Waals surface area (Å²) in [5.41, 5.74) is 1.48. The predicted octanol–water partition coefficient (Wildman–Crippen LogP) is 2.65. The van der Waals surface area contributed by atoms with E-state index in [-0.39, 0.29) is 23.6 Å². The van der Waals surface area contributed by atoms with Crippen LogP contribution in [-0.4, -0.2) is 31.1 Å². The van der Waals surface area contributed by atoms with E-state index in [0.717, 1.165) is 25.0 Å². The smallest absolute Gasteiger partial charge is 0.268 e. The average molecular weight is 354 g/mol. The summed E-state index contributed by atoms with van der Waals surface area (Å²) in [7, 11) is 0. The number of furan rings is 1. The Bertz CT molecular complexity index is 790. The van der Waals surface area contributed by atoms with Crippen LogP contribution in [0, 0.1) is 6.92 Å². The Morgan fingerprint density at radius 2 is 2.08 bits per heavy atom. The number of nitrogens with one attached hydrogen (secondary N) is 2. The Balaban J connectivity index is 1.74. The van der Waals surface area contributed by atoms with Gasteiger partial charge in [0, 0.05) is 24.8 Å². The lowest BCUT2D eigenvalue weighted by Crippen LogP contribution is -2.38. The molecule has 1 aliphatic heterocycles. The Morgan fingerprint density at radius 1 is 1.23 bits per heavy atom. The Hall–Kier alpha value is -2.86. The molecule has 0 aliphatic carbocycles. The summed E-state index contributed by atoms with van der Waals surface area (Å²) in [6.07, 6.45) is 4.97. The first-order chi connectivity index (χ1) is 12.6. The van der Waals surface area contributed by atoms with Crippen LogP contribution in [0.2, 0.25) is 0 Å². The Morgan fingerprint density at radius 3 is 2.77 bits per heavy atom. The lowest BCUT2D eigenvalue weighted by atomic mass is 10.1. The number of carbonyl (C=O) groups is 2. The van der Waals surface area contributed by atoms with E-state index in [1.807, 2.05) is 19.1 Å². The van der Waals surface area contributed by atoms with Crippen LogP contribution in [0.3, 0.4) is 0 Å². The van der Waals surface area contributed by atoms with Crippen molar-refractivity contribution in [3.05, 3.63) is 65.2 Å². The highest BCUT2D eigenvalue weighted by Gasteiger charge is 2.20. The van der Waals surface area contributed by atoms with E-state index >= 15 is 0 Å². The second-order valence-corrected chi connectivity index (χ2v) is 6.19. The molecule has 0 saturated carbocycles. The number of ether oxygens (including phenoxy) is 1. The number of aryl methyl sites for hydroxylation is 1. The fourth-order valence-corrected chi connectivity index (χ4v) is 2.80. The van der Waals surface area contributed by atoms with E-state index in [1.54, 1.807) is 24.3 Å². The lowest BCUT2D eigenvalue weighted by molar-refractivity contribution is -0.118. The third kappa shape index (κ3) is 4.61. The second kappa shape index (κ2) is 8.49. The van der Waals surface area contributed by atoms with Gasteiger partial charge in [0.2, 0.25) is 0 Å². The number of hydrogen-bond acceptors (Lipinski definition) is 4. The normalized spacial score (nSPS) is 17.1. The predicted molar refractivity (Wildman–Crippen MR) is 97.3 cm³/mol. The molecule has 1 aliphatic rings. The highest BCUT2D eigenvalue weighted by molar-refractivity contribution is 6.05. The summed E-state index contributed by atoms with van der Waals surface area (Å²) in [5.74, 6) is -0.232. The number of amides is 2. The van der Waals surface area contributed by atoms with Gasteiger partial charge in [0.15, 0.2) is 0 Å². The molecule has 3 rings (SSSR count). The molecule has 1 atom stereocenters. The number of benzene rings is 1. The standard InChI is InChI=1S/C20H22N2O4/c1-14-6-2-3-9-17(14)19(23)22-18(12-15-7-4-10-25-15)20(24)21-13-16-8-5-11-26-16/h2-4,6-7,9-10,12,16H,5,8,11,13H2,1H3,(H,21,24)(H,22,23)/b18-12-/t16-/m0/s1. The minimum Gasteiger partial charge on any atom is -0.465 e. The van der Waals surface area contributed by atoms with Gasteiger partial charge in [-0.25, -0.2) is 0 Å². The van der Waals surface area contributed by atoms with E-state index in [1.165, 1.54) is 12.3 Å². The van der Waals surface area contributed by atoms with Crippen LogP contribution in [0.15, 0.2) is 52.8 Å². The lowest BCUT2D eigenvalue weighted by Gasteiger charge is -2.14. The van der Waals surface area contributed by atoms with Crippen LogP contribution in [-0.2, 0) is 9.53 Å². The maximum atomic E-state index is 12.6. The van der Waals surface area contributed by atoms with Gasteiger partial charge in [-0.3, -0.25) is 9.59 Å². The first kappa shape index (κ1) is 17.9. The fourth-order valence-electron chi connectivity index (χ4n) is 2.80. The van der Waals surface area contributed by atoms with Gasteiger partial charge >= 0.3 is 0 Å². The molecular formula is C20H22N2O4. The molecule has 2 aromatic rings. The van der Waals surface area contributed by atoms with E-state index in [0.29, 0.717) is 17.9 Å². The molecule has 2 N–H and O–H groups in total. The molecule has 1 fully saturated rings. The quantitative estimate of drug-likeness (QED) is 0.782. The van der Waals surface area contributed by atoms with Crippen LogP contribution in [0.4, 0.5) is 0 Å². The van der Waals surface area contributed by atoms with E-state index in [4.69, 9.17) is 9.15 Å². The molecule has 1 saturated heterocycles. The molecule has 0 bridgehead atoms. The van der Waals surface area contributed by atoms with Gasteiger partial charge < -0.3 is 19.8 Å². The maximum Gasteiger partial charge on any atom is 0.268 e. The molecule has 1 aromatic heterocycles. The Kier molecular flexibility index (Phi) is 5.86. The van der Waals surface area contributed by atoms with Gasteiger partial charge in [0.25, 0.3) is 11.8 Å². The van der Waals surface area contributed by atoms with Gasteiger partial charge in [-0.05, 0) is 43.5 Å². The van der Waals surface area contributed by atoms with Gasteiger partial charge in [-0.2, -0.15) is 0 Å². The van der Waals surface area contributed by atoms with Crippen molar-refractivity contribution in [1.29, 1.82) is 0 Å². The van der Waals surface area contributed by atoms with Crippen molar-refractivity contribution in [2.45, 2.75) is 25.9 Å². The van der Waals surface area contributed by atoms with Crippen molar-refractivity contribution in [3.8, 4) is 0 Å². The summed E-state index contributed by atoms with van der Waals surface area (Å²) in [6, 6.07) is 10.7. The molecule has 0 radical (unpaired) electrons. The maximum absolute atomic E-state index is 12.6. The molecule has 26 heavy (non-hydrogen) atoms. The summed E-state index contributed by atoms with van der Waals surface area (Å²) < 4.78 is 10.8. The minimum atomic E-state index is -0.376. The molecule has 1 aromatic carbocycles. The van der Waals surface area contributed by atoms with Crippen molar-refractivity contribution < 1.29 is 18.7 Å². The largest absolute Gasteiger partial charge is 0.465 e. The number of carbonyl (C=O) groups excluding carboxylic acids is 2. The SMILES string of the molecule is Cc1ccccc1C(=O)N/C(=C\c1ccco1)C(=O)NC[C@@H]1CCCO1. The van der Waals surface area contributed by atoms with Crippen molar-refractivity contribution in [3.63, 3.8) is 0 Å². The minimum absolute atomic E-state index is 0.0240.